The second kappa shape index (κ2) is 14.9. The first-order chi connectivity index (χ1) is 26.9. The molecule has 0 saturated heterocycles. The Morgan fingerprint density at radius 1 is 0.912 bits per heavy atom. The summed E-state index contributed by atoms with van der Waals surface area (Å²) in [5.74, 6) is -5.58. The fourth-order valence-corrected chi connectivity index (χ4v) is 9.83. The number of rotatable bonds is 11. The van der Waals surface area contributed by atoms with Gasteiger partial charge in [-0.05, 0) is 81.4 Å². The SMILES string of the molecule is CN(C)Cc1c(F)c2c(c(OCc3ccccc3)c1F)C(=O)C1=C(O)[C@]3(O[Si](C)(C)C(C)(C)C)C(=O)c4c(OCc5ccccc5)noc4[C@@H](N(C)C)[C@@H]3C[C@@H]1C2. The molecule has 0 saturated carbocycles. The van der Waals surface area contributed by atoms with Crippen LogP contribution in [-0.2, 0) is 30.6 Å². The van der Waals surface area contributed by atoms with Crippen LogP contribution >= 0.6 is 0 Å². The van der Waals surface area contributed by atoms with E-state index in [0.29, 0.717) is 5.56 Å². The van der Waals surface area contributed by atoms with Crippen LogP contribution in [0.5, 0.6) is 11.6 Å². The van der Waals surface area contributed by atoms with Crippen LogP contribution in [-0.4, -0.2) is 73.7 Å². The van der Waals surface area contributed by atoms with Gasteiger partial charge in [0.05, 0.1) is 11.6 Å². The molecule has 1 heterocycles. The Morgan fingerprint density at radius 3 is 2.07 bits per heavy atom. The van der Waals surface area contributed by atoms with Crippen LogP contribution < -0.4 is 9.47 Å². The van der Waals surface area contributed by atoms with Gasteiger partial charge in [0.15, 0.2) is 37.0 Å². The Balaban J connectivity index is 1.44. The van der Waals surface area contributed by atoms with Crippen LogP contribution in [0.15, 0.2) is 76.5 Å². The fraction of sp³-hybridized carbons (Fsp3) is 0.432. The van der Waals surface area contributed by atoms with Gasteiger partial charge in [-0.1, -0.05) is 81.4 Å². The van der Waals surface area contributed by atoms with E-state index in [4.69, 9.17) is 18.4 Å². The first kappa shape index (κ1) is 40.5. The van der Waals surface area contributed by atoms with E-state index in [2.05, 4.69) is 5.16 Å². The summed E-state index contributed by atoms with van der Waals surface area (Å²) >= 11 is 0. The minimum Gasteiger partial charge on any atom is -0.508 e. The predicted octanol–water partition coefficient (Wildman–Crippen LogP) is 8.62. The maximum absolute atomic E-state index is 16.7. The van der Waals surface area contributed by atoms with Crippen molar-refractivity contribution in [3.63, 3.8) is 0 Å². The molecule has 0 amide bonds. The molecule has 10 nitrogen and oxygen atoms in total. The Hall–Kier alpha value is -4.69. The number of aromatic nitrogens is 1. The third-order valence-electron chi connectivity index (χ3n) is 12.1. The minimum absolute atomic E-state index is 0.0150. The summed E-state index contributed by atoms with van der Waals surface area (Å²) in [7, 11) is 4.08. The van der Waals surface area contributed by atoms with E-state index < -0.39 is 71.5 Å². The van der Waals surface area contributed by atoms with E-state index in [1.54, 1.807) is 31.1 Å². The number of halogens is 2. The summed E-state index contributed by atoms with van der Waals surface area (Å²) in [6, 6.07) is 17.8. The number of ether oxygens (including phenoxy) is 2. The highest BCUT2D eigenvalue weighted by Crippen LogP contribution is 2.60. The molecule has 3 aromatic carbocycles. The zero-order valence-corrected chi connectivity index (χ0v) is 35.0. The van der Waals surface area contributed by atoms with Gasteiger partial charge in [0, 0.05) is 29.2 Å². The van der Waals surface area contributed by atoms with Crippen LogP contribution in [0.25, 0.3) is 0 Å². The van der Waals surface area contributed by atoms with Crippen molar-refractivity contribution in [2.75, 3.05) is 28.2 Å². The van der Waals surface area contributed by atoms with Gasteiger partial charge in [-0.2, -0.15) is 0 Å². The van der Waals surface area contributed by atoms with E-state index in [1.807, 2.05) is 101 Å². The van der Waals surface area contributed by atoms with Crippen molar-refractivity contribution >= 4 is 19.9 Å². The lowest BCUT2D eigenvalue weighted by atomic mass is 9.58. The topological polar surface area (TPSA) is 115 Å². The molecule has 0 fully saturated rings. The molecule has 7 rings (SSSR count). The molecule has 4 atom stereocenters. The van der Waals surface area contributed by atoms with E-state index in [0.717, 1.165) is 5.56 Å². The summed E-state index contributed by atoms with van der Waals surface area (Å²) < 4.78 is 58.7. The quantitative estimate of drug-likeness (QED) is 0.148. The van der Waals surface area contributed by atoms with Crippen molar-refractivity contribution < 1.29 is 41.9 Å². The number of aliphatic hydroxyl groups excluding tert-OH is 1. The third kappa shape index (κ3) is 6.81. The molecule has 4 aromatic rings. The van der Waals surface area contributed by atoms with Crippen molar-refractivity contribution in [2.45, 2.75) is 83.1 Å². The number of allylic oxidation sites excluding steroid dienone is 1. The van der Waals surface area contributed by atoms with E-state index in [-0.39, 0.29) is 72.1 Å². The minimum atomic E-state index is -2.99. The number of fused-ring (bicyclic) bond motifs is 4. The summed E-state index contributed by atoms with van der Waals surface area (Å²) in [5.41, 5.74) is -1.13. The Bertz CT molecular complexity index is 2230. The van der Waals surface area contributed by atoms with Crippen LogP contribution in [0.1, 0.15) is 82.0 Å². The Kier molecular flexibility index (Phi) is 10.6. The molecule has 302 valence electrons. The normalized spacial score (nSPS) is 22.0. The zero-order valence-electron chi connectivity index (χ0n) is 34.0. The number of carbonyl (C=O) groups is 2. The Labute approximate surface area is 333 Å². The molecule has 57 heavy (non-hydrogen) atoms. The number of nitrogens with zero attached hydrogens (tertiary/aromatic N) is 3. The largest absolute Gasteiger partial charge is 0.508 e. The maximum Gasteiger partial charge on any atom is 0.265 e. The first-order valence-corrected chi connectivity index (χ1v) is 22.2. The van der Waals surface area contributed by atoms with Gasteiger partial charge >= 0.3 is 0 Å². The first-order valence-electron chi connectivity index (χ1n) is 19.3. The van der Waals surface area contributed by atoms with Crippen molar-refractivity contribution in [3.8, 4) is 11.6 Å². The average Bonchev–Trinajstić information content (AvgIpc) is 3.57. The molecule has 1 aromatic heterocycles. The average molecular weight is 800 g/mol. The molecule has 1 N–H and O–H groups in total. The van der Waals surface area contributed by atoms with Gasteiger partial charge in [0.1, 0.15) is 30.4 Å². The summed E-state index contributed by atoms with van der Waals surface area (Å²) in [6.07, 6.45) is 0.0819. The molecule has 0 bridgehead atoms. The standard InChI is InChI=1S/C44H51F2N3O7Si/c1-43(2,3)57(8,9)56-44-30(36(49(6)7)39-33(41(44)52)42(47-55-39)54-24-26-18-14-11-15-19-26)21-27-20-28-32(37(50)31(27)40(44)51)38(53-23-25-16-12-10-13-17-25)35(46)29(34(28)45)22-48(4)5/h10-19,27,30,36,51H,20-24H2,1-9H3/t27-,30-,36-,44-/m0/s1. The molecule has 3 aliphatic carbocycles. The van der Waals surface area contributed by atoms with Crippen molar-refractivity contribution in [1.29, 1.82) is 0 Å². The number of aliphatic hydroxyl groups is 1. The molecular weight excluding hydrogens is 749 g/mol. The molecule has 3 aliphatic rings. The highest BCUT2D eigenvalue weighted by molar-refractivity contribution is 6.74. The highest BCUT2D eigenvalue weighted by atomic mass is 28.4. The summed E-state index contributed by atoms with van der Waals surface area (Å²) in [5, 5.41) is 16.7. The maximum atomic E-state index is 16.7. The molecule has 0 aliphatic heterocycles. The number of hydrogen-bond acceptors (Lipinski definition) is 10. The van der Waals surface area contributed by atoms with Crippen LogP contribution in [0.4, 0.5) is 8.78 Å². The second-order valence-corrected chi connectivity index (χ2v) is 22.2. The predicted molar refractivity (Wildman–Crippen MR) is 213 cm³/mol. The van der Waals surface area contributed by atoms with Crippen molar-refractivity contribution in [3.05, 3.63) is 123 Å². The van der Waals surface area contributed by atoms with E-state index in [1.165, 1.54) is 0 Å². The van der Waals surface area contributed by atoms with Gasteiger partial charge in [0.2, 0.25) is 5.78 Å². The zero-order chi connectivity index (χ0) is 41.2. The summed E-state index contributed by atoms with van der Waals surface area (Å²) in [6.45, 7) is 9.92. The molecule has 0 spiro atoms. The van der Waals surface area contributed by atoms with E-state index in [9.17, 15) is 5.11 Å². The number of Topliss-reactive ketones (excluding diaryl/α,β-unsaturated/α-hetero) is 2. The molecule has 13 heteroatoms. The summed E-state index contributed by atoms with van der Waals surface area (Å²) in [4.78, 5) is 34.1. The monoisotopic (exact) mass is 799 g/mol. The van der Waals surface area contributed by atoms with Crippen LogP contribution in [0.2, 0.25) is 18.1 Å². The van der Waals surface area contributed by atoms with Gasteiger partial charge in [0.25, 0.3) is 5.88 Å². The smallest absolute Gasteiger partial charge is 0.265 e. The number of benzene rings is 3. The number of carbonyl (C=O) groups excluding carboxylic acids is 2. The van der Waals surface area contributed by atoms with Crippen molar-refractivity contribution in [1.82, 2.24) is 15.0 Å². The lowest BCUT2D eigenvalue weighted by Crippen LogP contribution is -2.65. The third-order valence-corrected chi connectivity index (χ3v) is 16.6. The van der Waals surface area contributed by atoms with E-state index >= 15 is 18.4 Å². The van der Waals surface area contributed by atoms with Crippen molar-refractivity contribution in [2.24, 2.45) is 11.8 Å². The number of hydrogen-bond donors (Lipinski definition) is 1. The highest BCUT2D eigenvalue weighted by Gasteiger charge is 2.67. The molecular formula is C44H51F2N3O7Si. The van der Waals surface area contributed by atoms with Gasteiger partial charge in [-0.25, -0.2) is 8.78 Å². The van der Waals surface area contributed by atoms with Gasteiger partial charge in [-0.15, -0.1) is 0 Å². The lowest BCUT2D eigenvalue weighted by Gasteiger charge is -2.55. The van der Waals surface area contributed by atoms with Crippen LogP contribution in [0.3, 0.4) is 0 Å². The molecule has 0 radical (unpaired) electrons. The van der Waals surface area contributed by atoms with Gasteiger partial charge < -0.3 is 28.4 Å². The van der Waals surface area contributed by atoms with Crippen LogP contribution in [0, 0.1) is 23.5 Å². The second-order valence-electron chi connectivity index (χ2n) is 17.5. The lowest BCUT2D eigenvalue weighted by molar-refractivity contribution is -0.0481. The fourth-order valence-electron chi connectivity index (χ4n) is 8.38. The Morgan fingerprint density at radius 2 is 1.51 bits per heavy atom. The number of ketones is 2. The van der Waals surface area contributed by atoms with Gasteiger partial charge in [-0.3, -0.25) is 14.5 Å². The molecule has 0 unspecified atom stereocenters.